The SMILES string of the molecule is [C-]#[N+]c1cc(Cl)cc(Oc2c(Cl)ccc3c2nnn3CCO)c1. The molecule has 0 bridgehead atoms. The highest BCUT2D eigenvalue weighted by atomic mass is 35.5. The Balaban J connectivity index is 2.08. The minimum atomic E-state index is -0.0556. The van der Waals surface area contributed by atoms with Gasteiger partial charge >= 0.3 is 0 Å². The number of rotatable bonds is 4. The second kappa shape index (κ2) is 6.42. The molecule has 0 radical (unpaired) electrons. The highest BCUT2D eigenvalue weighted by Crippen LogP contribution is 2.37. The number of halogens is 2. The van der Waals surface area contributed by atoms with E-state index in [2.05, 4.69) is 15.2 Å². The summed E-state index contributed by atoms with van der Waals surface area (Å²) < 4.78 is 7.36. The van der Waals surface area contributed by atoms with E-state index in [1.165, 1.54) is 0 Å². The predicted molar refractivity (Wildman–Crippen MR) is 87.4 cm³/mol. The lowest BCUT2D eigenvalue weighted by Gasteiger charge is -2.09. The van der Waals surface area contributed by atoms with Crippen LogP contribution in [-0.4, -0.2) is 26.7 Å². The van der Waals surface area contributed by atoms with Crippen LogP contribution in [0.15, 0.2) is 30.3 Å². The standard InChI is InChI=1S/C15H10Cl2N4O2/c1-18-10-6-9(16)7-11(8-10)23-15-12(17)2-3-13-14(15)19-20-21(13)4-5-22/h2-3,6-8,22H,4-5H2. The van der Waals surface area contributed by atoms with Crippen molar-refractivity contribution >= 4 is 39.9 Å². The quantitative estimate of drug-likeness (QED) is 0.721. The lowest BCUT2D eigenvalue weighted by atomic mass is 10.2. The molecule has 3 aromatic rings. The van der Waals surface area contributed by atoms with E-state index >= 15 is 0 Å². The van der Waals surface area contributed by atoms with E-state index in [9.17, 15) is 0 Å². The van der Waals surface area contributed by atoms with Gasteiger partial charge in [-0.05, 0) is 30.3 Å². The third kappa shape index (κ3) is 3.08. The predicted octanol–water partition coefficient (Wildman–Crippen LogP) is 4.07. The van der Waals surface area contributed by atoms with Gasteiger partial charge in [0, 0.05) is 5.02 Å². The van der Waals surface area contributed by atoms with Gasteiger partial charge in [-0.3, -0.25) is 0 Å². The van der Waals surface area contributed by atoms with Crippen LogP contribution in [0.25, 0.3) is 15.9 Å². The topological polar surface area (TPSA) is 64.5 Å². The van der Waals surface area contributed by atoms with Crippen molar-refractivity contribution in [2.24, 2.45) is 0 Å². The Morgan fingerprint density at radius 2 is 2.09 bits per heavy atom. The fourth-order valence-electron chi connectivity index (χ4n) is 2.13. The summed E-state index contributed by atoms with van der Waals surface area (Å²) in [5.74, 6) is 0.709. The first-order valence-electron chi connectivity index (χ1n) is 6.61. The first kappa shape index (κ1) is 15.6. The summed E-state index contributed by atoms with van der Waals surface area (Å²) in [6, 6.07) is 8.11. The molecule has 0 saturated carbocycles. The third-order valence-corrected chi connectivity index (χ3v) is 3.63. The molecule has 8 heteroatoms. The van der Waals surface area contributed by atoms with Gasteiger partial charge in [-0.1, -0.05) is 28.4 Å². The van der Waals surface area contributed by atoms with Gasteiger partial charge in [0.05, 0.1) is 30.3 Å². The van der Waals surface area contributed by atoms with Gasteiger partial charge in [-0.15, -0.1) is 5.10 Å². The second-order valence-electron chi connectivity index (χ2n) is 4.64. The monoisotopic (exact) mass is 348 g/mol. The van der Waals surface area contributed by atoms with Crippen LogP contribution in [0.1, 0.15) is 0 Å². The number of aromatic nitrogens is 3. The maximum absolute atomic E-state index is 9.06. The summed E-state index contributed by atoms with van der Waals surface area (Å²) in [5, 5.41) is 17.8. The zero-order valence-corrected chi connectivity index (χ0v) is 13.2. The van der Waals surface area contributed by atoms with Crippen LogP contribution in [0.3, 0.4) is 0 Å². The Labute approximate surface area is 141 Å². The van der Waals surface area contributed by atoms with Crippen LogP contribution in [0, 0.1) is 6.57 Å². The van der Waals surface area contributed by atoms with Crippen molar-refractivity contribution in [2.75, 3.05) is 6.61 Å². The van der Waals surface area contributed by atoms with E-state index in [1.807, 2.05) is 0 Å². The average molecular weight is 349 g/mol. The van der Waals surface area contributed by atoms with Crippen molar-refractivity contribution in [1.82, 2.24) is 15.0 Å². The maximum Gasteiger partial charge on any atom is 0.192 e. The lowest BCUT2D eigenvalue weighted by molar-refractivity contribution is 0.270. The molecule has 0 unspecified atom stereocenters. The van der Waals surface area contributed by atoms with Crippen molar-refractivity contribution in [2.45, 2.75) is 6.54 Å². The van der Waals surface area contributed by atoms with Crippen LogP contribution >= 0.6 is 23.2 Å². The zero-order chi connectivity index (χ0) is 16.4. The Morgan fingerprint density at radius 3 is 2.83 bits per heavy atom. The highest BCUT2D eigenvalue weighted by molar-refractivity contribution is 6.33. The molecule has 0 amide bonds. The summed E-state index contributed by atoms with van der Waals surface area (Å²) in [6.07, 6.45) is 0. The largest absolute Gasteiger partial charge is 0.455 e. The summed E-state index contributed by atoms with van der Waals surface area (Å²) in [6.45, 7) is 7.34. The number of aliphatic hydroxyl groups is 1. The number of hydrogen-bond donors (Lipinski definition) is 1. The Hall–Kier alpha value is -2.33. The van der Waals surface area contributed by atoms with Crippen molar-refractivity contribution in [1.29, 1.82) is 0 Å². The van der Waals surface area contributed by atoms with E-state index < -0.39 is 0 Å². The molecule has 0 atom stereocenters. The molecule has 23 heavy (non-hydrogen) atoms. The molecule has 0 aliphatic rings. The number of hydrogen-bond acceptors (Lipinski definition) is 4. The first-order chi connectivity index (χ1) is 11.1. The molecule has 0 aliphatic heterocycles. The minimum absolute atomic E-state index is 0.0556. The van der Waals surface area contributed by atoms with E-state index in [-0.39, 0.29) is 6.61 Å². The second-order valence-corrected chi connectivity index (χ2v) is 5.48. The van der Waals surface area contributed by atoms with Gasteiger partial charge in [0.25, 0.3) is 0 Å². The number of fused-ring (bicyclic) bond motifs is 1. The molecule has 0 aliphatic carbocycles. The van der Waals surface area contributed by atoms with Gasteiger partial charge in [-0.2, -0.15) is 0 Å². The summed E-state index contributed by atoms with van der Waals surface area (Å²) in [7, 11) is 0. The number of nitrogens with zero attached hydrogens (tertiary/aromatic N) is 4. The molecule has 2 aromatic carbocycles. The Bertz CT molecular complexity index is 918. The molecule has 1 N–H and O–H groups in total. The van der Waals surface area contributed by atoms with Gasteiger partial charge < -0.3 is 9.84 Å². The van der Waals surface area contributed by atoms with Crippen molar-refractivity contribution in [3.8, 4) is 11.5 Å². The molecular weight excluding hydrogens is 339 g/mol. The Kier molecular flexibility index (Phi) is 4.35. The van der Waals surface area contributed by atoms with Crippen molar-refractivity contribution < 1.29 is 9.84 Å². The van der Waals surface area contributed by atoms with E-state index in [1.54, 1.807) is 35.0 Å². The molecule has 3 rings (SSSR count). The van der Waals surface area contributed by atoms with Gasteiger partial charge in [-0.25, -0.2) is 9.53 Å². The fourth-order valence-corrected chi connectivity index (χ4v) is 2.54. The van der Waals surface area contributed by atoms with Crippen molar-refractivity contribution in [3.63, 3.8) is 0 Å². The fraction of sp³-hybridized carbons (Fsp3) is 0.133. The third-order valence-electron chi connectivity index (χ3n) is 3.11. The molecule has 1 heterocycles. The summed E-state index contributed by atoms with van der Waals surface area (Å²) in [5.41, 5.74) is 1.51. The van der Waals surface area contributed by atoms with Crippen LogP contribution in [-0.2, 0) is 6.54 Å². The molecule has 0 fully saturated rings. The van der Waals surface area contributed by atoms with Crippen LogP contribution in [0.2, 0.25) is 10.0 Å². The number of benzene rings is 2. The van der Waals surface area contributed by atoms with Gasteiger partial charge in [0.1, 0.15) is 5.75 Å². The van der Waals surface area contributed by atoms with Gasteiger partial charge in [0.15, 0.2) is 17.0 Å². The highest BCUT2D eigenvalue weighted by Gasteiger charge is 2.15. The molecule has 6 nitrogen and oxygen atoms in total. The Morgan fingerprint density at radius 1 is 1.26 bits per heavy atom. The molecular formula is C15H10Cl2N4O2. The normalized spacial score (nSPS) is 10.7. The van der Waals surface area contributed by atoms with Crippen LogP contribution < -0.4 is 4.74 Å². The van der Waals surface area contributed by atoms with Gasteiger partial charge in [0.2, 0.25) is 0 Å². The van der Waals surface area contributed by atoms with E-state index in [0.29, 0.717) is 44.8 Å². The summed E-state index contributed by atoms with van der Waals surface area (Å²) >= 11 is 12.2. The summed E-state index contributed by atoms with van der Waals surface area (Å²) in [4.78, 5) is 3.34. The number of aliphatic hydroxyl groups excluding tert-OH is 1. The van der Waals surface area contributed by atoms with Crippen LogP contribution in [0.4, 0.5) is 5.69 Å². The molecule has 1 aromatic heterocycles. The molecule has 0 spiro atoms. The maximum atomic E-state index is 9.06. The van der Waals surface area contributed by atoms with Crippen LogP contribution in [0.5, 0.6) is 11.5 Å². The smallest absolute Gasteiger partial charge is 0.192 e. The first-order valence-corrected chi connectivity index (χ1v) is 7.36. The minimum Gasteiger partial charge on any atom is -0.455 e. The van der Waals surface area contributed by atoms with Crippen molar-refractivity contribution in [3.05, 3.63) is 51.8 Å². The molecule has 116 valence electrons. The van der Waals surface area contributed by atoms with E-state index in [4.69, 9.17) is 39.6 Å². The lowest BCUT2D eigenvalue weighted by Crippen LogP contribution is -2.03. The molecule has 0 saturated heterocycles. The van der Waals surface area contributed by atoms with E-state index in [0.717, 1.165) is 0 Å². The zero-order valence-electron chi connectivity index (χ0n) is 11.7. The average Bonchev–Trinajstić information content (AvgIpc) is 2.93. The number of ether oxygens (including phenoxy) is 1.